The monoisotopic (exact) mass is 154 g/mol. The average molecular weight is 154 g/mol. The Balaban J connectivity index is 2.13. The second-order valence-electron chi connectivity index (χ2n) is 3.46. The first-order valence-corrected chi connectivity index (χ1v) is 4.58. The summed E-state index contributed by atoms with van der Waals surface area (Å²) < 4.78 is 5.41. The highest BCUT2D eigenvalue weighted by Gasteiger charge is 2.29. The van der Waals surface area contributed by atoms with Crippen LogP contribution in [0.4, 0.5) is 0 Å². The van der Waals surface area contributed by atoms with Crippen molar-refractivity contribution in [2.24, 2.45) is 0 Å². The Morgan fingerprint density at radius 1 is 1.55 bits per heavy atom. The second-order valence-corrected chi connectivity index (χ2v) is 3.46. The van der Waals surface area contributed by atoms with E-state index >= 15 is 0 Å². The minimum Gasteiger partial charge on any atom is -0.371 e. The summed E-state index contributed by atoms with van der Waals surface area (Å²) in [7, 11) is 0. The van der Waals surface area contributed by atoms with Crippen molar-refractivity contribution in [2.45, 2.75) is 45.1 Å². The first-order valence-electron chi connectivity index (χ1n) is 4.58. The normalized spacial score (nSPS) is 30.7. The van der Waals surface area contributed by atoms with Crippen LogP contribution in [-0.4, -0.2) is 12.2 Å². The topological polar surface area (TPSA) is 9.23 Å². The number of allylic oxidation sites excluding steroid dienone is 1. The summed E-state index contributed by atoms with van der Waals surface area (Å²) in [5.74, 6) is 0. The molecule has 0 aromatic rings. The van der Waals surface area contributed by atoms with E-state index in [9.17, 15) is 0 Å². The molecule has 0 aromatic heterocycles. The van der Waals surface area contributed by atoms with Crippen LogP contribution in [0.3, 0.4) is 0 Å². The zero-order valence-corrected chi connectivity index (χ0v) is 7.60. The van der Waals surface area contributed by atoms with Gasteiger partial charge in [-0.05, 0) is 13.3 Å². The minimum absolute atomic E-state index is 0.0910. The predicted octanol–water partition coefficient (Wildman–Crippen LogP) is 2.91. The molecular formula is C10H18O. The van der Waals surface area contributed by atoms with Gasteiger partial charge in [0.2, 0.25) is 0 Å². The van der Waals surface area contributed by atoms with Gasteiger partial charge in [-0.15, -0.1) is 0 Å². The van der Waals surface area contributed by atoms with E-state index < -0.39 is 0 Å². The third-order valence-corrected chi connectivity index (χ3v) is 2.23. The molecule has 11 heavy (non-hydrogen) atoms. The summed E-state index contributed by atoms with van der Waals surface area (Å²) >= 11 is 0. The molecule has 0 radical (unpaired) electrons. The highest BCUT2D eigenvalue weighted by molar-refractivity contribution is 5.03. The lowest BCUT2D eigenvalue weighted by Gasteiger charge is -2.35. The van der Waals surface area contributed by atoms with Crippen molar-refractivity contribution in [1.29, 1.82) is 0 Å². The van der Waals surface area contributed by atoms with Crippen LogP contribution < -0.4 is 0 Å². The number of ether oxygens (including phenoxy) is 1. The molecule has 1 aliphatic rings. The van der Waals surface area contributed by atoms with E-state index in [1.807, 2.05) is 0 Å². The van der Waals surface area contributed by atoms with Gasteiger partial charge in [-0.1, -0.05) is 31.9 Å². The summed E-state index contributed by atoms with van der Waals surface area (Å²) in [6.07, 6.45) is 9.44. The molecule has 1 rings (SSSR count). The third-order valence-electron chi connectivity index (χ3n) is 2.23. The molecule has 1 aliphatic heterocycles. The van der Waals surface area contributed by atoms with Crippen LogP contribution >= 0.6 is 0 Å². The molecular weight excluding hydrogens is 136 g/mol. The van der Waals surface area contributed by atoms with Crippen LogP contribution in [0.2, 0.25) is 0 Å². The van der Waals surface area contributed by atoms with Gasteiger partial charge in [0.15, 0.2) is 0 Å². The van der Waals surface area contributed by atoms with E-state index in [2.05, 4.69) is 26.0 Å². The van der Waals surface area contributed by atoms with E-state index in [4.69, 9.17) is 4.74 Å². The Kier molecular flexibility index (Phi) is 3.13. The van der Waals surface area contributed by atoms with Crippen LogP contribution in [0.1, 0.15) is 39.5 Å². The summed E-state index contributed by atoms with van der Waals surface area (Å²) in [4.78, 5) is 0. The maximum absolute atomic E-state index is 5.41. The fourth-order valence-corrected chi connectivity index (χ4v) is 1.21. The van der Waals surface area contributed by atoms with E-state index in [0.717, 1.165) is 6.61 Å². The van der Waals surface area contributed by atoms with Crippen LogP contribution in [0.25, 0.3) is 0 Å². The standard InChI is InChI=1S/C10H18O/c1-3-4-5-6-7-10(2)8-9-11-10/h6-7H,3-5,8-9H2,1-2H3/b7-6+. The largest absolute Gasteiger partial charge is 0.371 e. The summed E-state index contributed by atoms with van der Waals surface area (Å²) in [5.41, 5.74) is 0.0910. The molecule has 1 fully saturated rings. The fraction of sp³-hybridized carbons (Fsp3) is 0.800. The van der Waals surface area contributed by atoms with Crippen molar-refractivity contribution in [2.75, 3.05) is 6.61 Å². The molecule has 1 heterocycles. The lowest BCUT2D eigenvalue weighted by molar-refractivity contribution is -0.0985. The van der Waals surface area contributed by atoms with Crippen molar-refractivity contribution >= 4 is 0 Å². The first-order chi connectivity index (χ1) is 5.27. The Hall–Kier alpha value is -0.300. The highest BCUT2D eigenvalue weighted by atomic mass is 16.5. The van der Waals surface area contributed by atoms with Crippen molar-refractivity contribution in [3.05, 3.63) is 12.2 Å². The molecule has 0 saturated carbocycles. The van der Waals surface area contributed by atoms with Crippen LogP contribution in [0.5, 0.6) is 0 Å². The highest BCUT2D eigenvalue weighted by Crippen LogP contribution is 2.26. The lowest BCUT2D eigenvalue weighted by atomic mass is 9.96. The van der Waals surface area contributed by atoms with Gasteiger partial charge >= 0.3 is 0 Å². The Bertz CT molecular complexity index is 134. The molecule has 1 heteroatoms. The lowest BCUT2D eigenvalue weighted by Crippen LogP contribution is -2.38. The zero-order chi connectivity index (χ0) is 8.16. The average Bonchev–Trinajstić information content (AvgIpc) is 1.95. The van der Waals surface area contributed by atoms with Crippen LogP contribution in [0.15, 0.2) is 12.2 Å². The van der Waals surface area contributed by atoms with Crippen molar-refractivity contribution < 1.29 is 4.74 Å². The Labute approximate surface area is 69.4 Å². The van der Waals surface area contributed by atoms with E-state index in [-0.39, 0.29) is 5.60 Å². The number of hydrogen-bond donors (Lipinski definition) is 0. The van der Waals surface area contributed by atoms with Crippen molar-refractivity contribution in [3.8, 4) is 0 Å². The van der Waals surface area contributed by atoms with Gasteiger partial charge in [0.05, 0.1) is 12.2 Å². The second kappa shape index (κ2) is 3.91. The molecule has 0 amide bonds. The summed E-state index contributed by atoms with van der Waals surface area (Å²) in [6, 6.07) is 0. The van der Waals surface area contributed by atoms with Crippen molar-refractivity contribution in [1.82, 2.24) is 0 Å². The first kappa shape index (κ1) is 8.79. The van der Waals surface area contributed by atoms with Crippen molar-refractivity contribution in [3.63, 3.8) is 0 Å². The van der Waals surface area contributed by atoms with E-state index in [1.165, 1.54) is 25.7 Å². The van der Waals surface area contributed by atoms with E-state index in [0.29, 0.717) is 0 Å². The SMILES string of the molecule is CCCC/C=C/C1(C)CCO1. The Morgan fingerprint density at radius 3 is 2.73 bits per heavy atom. The van der Waals surface area contributed by atoms with Gasteiger partial charge in [-0.25, -0.2) is 0 Å². The molecule has 0 aliphatic carbocycles. The number of rotatable bonds is 4. The van der Waals surface area contributed by atoms with Gasteiger partial charge in [0.1, 0.15) is 0 Å². The molecule has 1 nitrogen and oxygen atoms in total. The molecule has 1 unspecified atom stereocenters. The van der Waals surface area contributed by atoms with Gasteiger partial charge in [0.25, 0.3) is 0 Å². The van der Waals surface area contributed by atoms with Gasteiger partial charge in [0, 0.05) is 6.42 Å². The predicted molar refractivity (Wildman–Crippen MR) is 47.6 cm³/mol. The van der Waals surface area contributed by atoms with Gasteiger partial charge in [-0.2, -0.15) is 0 Å². The third kappa shape index (κ3) is 2.66. The smallest absolute Gasteiger partial charge is 0.0856 e. The Morgan fingerprint density at radius 2 is 2.27 bits per heavy atom. The molecule has 1 saturated heterocycles. The maximum atomic E-state index is 5.41. The van der Waals surface area contributed by atoms with E-state index in [1.54, 1.807) is 0 Å². The van der Waals surface area contributed by atoms with Gasteiger partial charge < -0.3 is 4.74 Å². The van der Waals surface area contributed by atoms with Crippen LogP contribution in [0, 0.1) is 0 Å². The number of unbranched alkanes of at least 4 members (excludes halogenated alkanes) is 2. The molecule has 0 N–H and O–H groups in total. The number of hydrogen-bond acceptors (Lipinski definition) is 1. The van der Waals surface area contributed by atoms with Gasteiger partial charge in [-0.3, -0.25) is 0 Å². The summed E-state index contributed by atoms with van der Waals surface area (Å²) in [5, 5.41) is 0. The molecule has 64 valence electrons. The fourth-order valence-electron chi connectivity index (χ4n) is 1.21. The maximum Gasteiger partial charge on any atom is 0.0856 e. The molecule has 0 spiro atoms. The summed E-state index contributed by atoms with van der Waals surface area (Å²) in [6.45, 7) is 5.31. The quantitative estimate of drug-likeness (QED) is 0.447. The molecule has 0 bridgehead atoms. The molecule has 0 aromatic carbocycles. The molecule has 1 atom stereocenters. The zero-order valence-electron chi connectivity index (χ0n) is 7.60. The van der Waals surface area contributed by atoms with Crippen LogP contribution in [-0.2, 0) is 4.74 Å². The minimum atomic E-state index is 0.0910.